The molecule has 134 valence electrons. The lowest BCUT2D eigenvalue weighted by Crippen LogP contribution is -2.52. The molecule has 1 rings (SSSR count). The van der Waals surface area contributed by atoms with Crippen molar-refractivity contribution < 1.29 is 14.3 Å². The Labute approximate surface area is 145 Å². The summed E-state index contributed by atoms with van der Waals surface area (Å²) >= 11 is 0. The summed E-state index contributed by atoms with van der Waals surface area (Å²) in [4.78, 5) is 26.6. The standard InChI is InChI=1S/C19H30N2O3/c1-7-8-17(22)21(14(2)18(23)20-19(3,4)5)13-15-9-11-16(24-6)12-10-15/h9-12,14H,7-8,13H2,1-6H3,(H,20,23). The van der Waals surface area contributed by atoms with Crippen LogP contribution in [-0.4, -0.2) is 35.4 Å². The Balaban J connectivity index is 2.93. The molecule has 0 heterocycles. The van der Waals surface area contributed by atoms with Crippen LogP contribution in [0.4, 0.5) is 0 Å². The van der Waals surface area contributed by atoms with Crippen molar-refractivity contribution in [3.63, 3.8) is 0 Å². The molecule has 0 saturated carbocycles. The van der Waals surface area contributed by atoms with Crippen LogP contribution in [0.2, 0.25) is 0 Å². The monoisotopic (exact) mass is 334 g/mol. The molecule has 0 aliphatic rings. The first-order valence-electron chi connectivity index (χ1n) is 8.42. The molecule has 0 radical (unpaired) electrons. The summed E-state index contributed by atoms with van der Waals surface area (Å²) in [6.45, 7) is 9.93. The lowest BCUT2D eigenvalue weighted by atomic mass is 10.1. The molecule has 0 aliphatic carbocycles. The van der Waals surface area contributed by atoms with E-state index in [0.717, 1.165) is 17.7 Å². The summed E-state index contributed by atoms with van der Waals surface area (Å²) in [5.41, 5.74) is 0.640. The van der Waals surface area contributed by atoms with Gasteiger partial charge in [0.25, 0.3) is 0 Å². The van der Waals surface area contributed by atoms with Crippen molar-refractivity contribution in [3.8, 4) is 5.75 Å². The molecule has 5 heteroatoms. The maximum absolute atomic E-state index is 12.5. The zero-order valence-electron chi connectivity index (χ0n) is 15.7. The first-order valence-corrected chi connectivity index (χ1v) is 8.42. The number of hydrogen-bond donors (Lipinski definition) is 1. The molecule has 0 saturated heterocycles. The Kier molecular flexibility index (Phi) is 7.26. The van der Waals surface area contributed by atoms with E-state index in [9.17, 15) is 9.59 Å². The summed E-state index contributed by atoms with van der Waals surface area (Å²) in [5, 5.41) is 2.95. The second-order valence-corrected chi connectivity index (χ2v) is 7.03. The van der Waals surface area contributed by atoms with Gasteiger partial charge in [-0.15, -0.1) is 0 Å². The van der Waals surface area contributed by atoms with Crippen molar-refractivity contribution in [1.82, 2.24) is 10.2 Å². The van der Waals surface area contributed by atoms with E-state index < -0.39 is 6.04 Å². The number of hydrogen-bond acceptors (Lipinski definition) is 3. The fraction of sp³-hybridized carbons (Fsp3) is 0.579. The fourth-order valence-corrected chi connectivity index (χ4v) is 2.34. The summed E-state index contributed by atoms with van der Waals surface area (Å²) in [7, 11) is 1.62. The predicted molar refractivity (Wildman–Crippen MR) is 95.8 cm³/mol. The largest absolute Gasteiger partial charge is 0.497 e. The number of amides is 2. The molecule has 0 spiro atoms. The van der Waals surface area contributed by atoms with Gasteiger partial charge >= 0.3 is 0 Å². The molecule has 1 aromatic rings. The normalized spacial score (nSPS) is 12.4. The van der Waals surface area contributed by atoms with E-state index in [0.29, 0.717) is 13.0 Å². The zero-order valence-corrected chi connectivity index (χ0v) is 15.7. The molecule has 0 bridgehead atoms. The highest BCUT2D eigenvalue weighted by Gasteiger charge is 2.27. The van der Waals surface area contributed by atoms with E-state index in [2.05, 4.69) is 5.32 Å². The Hall–Kier alpha value is -2.04. The Morgan fingerprint density at radius 3 is 2.25 bits per heavy atom. The van der Waals surface area contributed by atoms with Crippen LogP contribution in [0.5, 0.6) is 5.75 Å². The first-order chi connectivity index (χ1) is 11.2. The highest BCUT2D eigenvalue weighted by molar-refractivity contribution is 5.87. The van der Waals surface area contributed by atoms with Crippen molar-refractivity contribution >= 4 is 11.8 Å². The molecule has 0 fully saturated rings. The summed E-state index contributed by atoms with van der Waals surface area (Å²) in [5.74, 6) is 0.619. The van der Waals surface area contributed by atoms with Crippen molar-refractivity contribution in [2.45, 2.75) is 65.6 Å². The van der Waals surface area contributed by atoms with Crippen LogP contribution in [-0.2, 0) is 16.1 Å². The molecule has 1 aromatic carbocycles. The number of ether oxygens (including phenoxy) is 1. The van der Waals surface area contributed by atoms with Gasteiger partial charge in [-0.3, -0.25) is 9.59 Å². The van der Waals surface area contributed by atoms with Gasteiger partial charge < -0.3 is 15.0 Å². The first kappa shape index (κ1) is 20.0. The molecule has 1 N–H and O–H groups in total. The van der Waals surface area contributed by atoms with Crippen molar-refractivity contribution in [1.29, 1.82) is 0 Å². The number of nitrogens with zero attached hydrogens (tertiary/aromatic N) is 1. The number of benzene rings is 1. The number of carbonyl (C=O) groups is 2. The van der Waals surface area contributed by atoms with E-state index in [1.165, 1.54) is 0 Å². The van der Waals surface area contributed by atoms with E-state index >= 15 is 0 Å². The minimum absolute atomic E-state index is 0.00937. The zero-order chi connectivity index (χ0) is 18.3. The third kappa shape index (κ3) is 6.22. The number of carbonyl (C=O) groups excluding carboxylic acids is 2. The van der Waals surface area contributed by atoms with Crippen LogP contribution < -0.4 is 10.1 Å². The van der Waals surface area contributed by atoms with Crippen LogP contribution in [0.1, 0.15) is 53.0 Å². The molecule has 2 amide bonds. The highest BCUT2D eigenvalue weighted by atomic mass is 16.5. The molecular weight excluding hydrogens is 304 g/mol. The van der Waals surface area contributed by atoms with E-state index in [1.54, 1.807) is 18.9 Å². The average Bonchev–Trinajstić information content (AvgIpc) is 2.51. The molecule has 0 aromatic heterocycles. The van der Waals surface area contributed by atoms with Gasteiger partial charge in [-0.05, 0) is 51.8 Å². The summed E-state index contributed by atoms with van der Waals surface area (Å²) in [6.07, 6.45) is 1.19. The molecule has 24 heavy (non-hydrogen) atoms. The summed E-state index contributed by atoms with van der Waals surface area (Å²) in [6, 6.07) is 7.03. The van der Waals surface area contributed by atoms with E-state index in [1.807, 2.05) is 52.0 Å². The van der Waals surface area contributed by atoms with E-state index in [-0.39, 0.29) is 17.4 Å². The highest BCUT2D eigenvalue weighted by Crippen LogP contribution is 2.16. The van der Waals surface area contributed by atoms with Gasteiger partial charge in [0, 0.05) is 18.5 Å². The predicted octanol–water partition coefficient (Wildman–Crippen LogP) is 3.13. The van der Waals surface area contributed by atoms with Crippen LogP contribution >= 0.6 is 0 Å². The molecule has 1 unspecified atom stereocenters. The van der Waals surface area contributed by atoms with Gasteiger partial charge in [-0.25, -0.2) is 0 Å². The Bertz CT molecular complexity index is 547. The van der Waals surface area contributed by atoms with Gasteiger partial charge in [-0.1, -0.05) is 19.1 Å². The van der Waals surface area contributed by atoms with Gasteiger partial charge in [0.05, 0.1) is 7.11 Å². The third-order valence-corrected chi connectivity index (χ3v) is 3.64. The van der Waals surface area contributed by atoms with Crippen molar-refractivity contribution in [2.24, 2.45) is 0 Å². The fourth-order valence-electron chi connectivity index (χ4n) is 2.34. The van der Waals surface area contributed by atoms with E-state index in [4.69, 9.17) is 4.74 Å². The smallest absolute Gasteiger partial charge is 0.242 e. The quantitative estimate of drug-likeness (QED) is 0.833. The summed E-state index contributed by atoms with van der Waals surface area (Å²) < 4.78 is 5.16. The lowest BCUT2D eigenvalue weighted by Gasteiger charge is -2.31. The maximum Gasteiger partial charge on any atom is 0.242 e. The third-order valence-electron chi connectivity index (χ3n) is 3.64. The second-order valence-electron chi connectivity index (χ2n) is 7.03. The SMILES string of the molecule is CCCC(=O)N(Cc1ccc(OC)cc1)C(C)C(=O)NC(C)(C)C. The molecule has 1 atom stereocenters. The second kappa shape index (κ2) is 8.71. The molecule has 0 aliphatic heterocycles. The van der Waals surface area contributed by atoms with Crippen molar-refractivity contribution in [2.75, 3.05) is 7.11 Å². The molecule has 5 nitrogen and oxygen atoms in total. The van der Waals surface area contributed by atoms with Crippen LogP contribution in [0, 0.1) is 0 Å². The minimum Gasteiger partial charge on any atom is -0.497 e. The lowest BCUT2D eigenvalue weighted by molar-refractivity contribution is -0.141. The Morgan fingerprint density at radius 2 is 1.79 bits per heavy atom. The molecular formula is C19H30N2O3. The van der Waals surface area contributed by atoms with Crippen molar-refractivity contribution in [3.05, 3.63) is 29.8 Å². The topological polar surface area (TPSA) is 58.6 Å². The van der Waals surface area contributed by atoms with Gasteiger partial charge in [0.1, 0.15) is 11.8 Å². The van der Waals surface area contributed by atoms with Gasteiger partial charge in [0.15, 0.2) is 0 Å². The number of methoxy groups -OCH3 is 1. The minimum atomic E-state index is -0.523. The van der Waals surface area contributed by atoms with Gasteiger partial charge in [-0.2, -0.15) is 0 Å². The number of nitrogens with one attached hydrogen (secondary N) is 1. The van der Waals surface area contributed by atoms with Crippen LogP contribution in [0.25, 0.3) is 0 Å². The Morgan fingerprint density at radius 1 is 1.21 bits per heavy atom. The number of rotatable bonds is 7. The van der Waals surface area contributed by atoms with Crippen LogP contribution in [0.3, 0.4) is 0 Å². The average molecular weight is 334 g/mol. The van der Waals surface area contributed by atoms with Gasteiger partial charge in [0.2, 0.25) is 11.8 Å². The maximum atomic E-state index is 12.5. The van der Waals surface area contributed by atoms with Crippen LogP contribution in [0.15, 0.2) is 24.3 Å².